The number of hydrogen-bond donors (Lipinski definition) is 1. The fourth-order valence-corrected chi connectivity index (χ4v) is 4.32. The average molecular weight is 463 g/mol. The third-order valence-electron chi connectivity index (χ3n) is 5.29. The minimum atomic E-state index is -0.743. The number of aryl methyl sites for hydroxylation is 1. The number of methoxy groups -OCH3 is 1. The predicted octanol–water partition coefficient (Wildman–Crippen LogP) is 4.29. The fraction of sp³-hybridized carbons (Fsp3) is 0.304. The molecule has 1 atom stereocenters. The van der Waals surface area contributed by atoms with Crippen LogP contribution in [-0.2, 0) is 9.59 Å². The second-order valence-electron chi connectivity index (χ2n) is 7.63. The fourth-order valence-electron chi connectivity index (χ4n) is 3.68. The van der Waals surface area contributed by atoms with Crippen molar-refractivity contribution in [2.24, 2.45) is 0 Å². The Bertz CT molecular complexity index is 1040. The molecular weight excluding hydrogens is 439 g/mol. The van der Waals surface area contributed by atoms with Gasteiger partial charge in [0.1, 0.15) is 5.76 Å². The van der Waals surface area contributed by atoms with Gasteiger partial charge < -0.3 is 19.6 Å². The summed E-state index contributed by atoms with van der Waals surface area (Å²) in [7, 11) is 5.21. The number of halogens is 2. The molecule has 31 heavy (non-hydrogen) atoms. The lowest BCUT2D eigenvalue weighted by Gasteiger charge is -2.27. The Morgan fingerprint density at radius 2 is 1.77 bits per heavy atom. The SMILES string of the molecule is COc1c(Cl)cc(/C(O)=C2\C(=O)C(=O)N(CCN(C)C)C2c2ccccc2C)cc1Cl. The Morgan fingerprint density at radius 3 is 2.32 bits per heavy atom. The maximum Gasteiger partial charge on any atom is 0.295 e. The summed E-state index contributed by atoms with van der Waals surface area (Å²) in [5.74, 6) is -1.46. The lowest BCUT2D eigenvalue weighted by atomic mass is 9.92. The highest BCUT2D eigenvalue weighted by molar-refractivity contribution is 6.46. The Labute approximate surface area is 191 Å². The number of aliphatic hydroxyl groups is 1. The first-order valence-corrected chi connectivity index (χ1v) is 10.4. The number of aliphatic hydroxyl groups excluding tert-OH is 1. The van der Waals surface area contributed by atoms with Crippen LogP contribution in [0.3, 0.4) is 0 Å². The summed E-state index contributed by atoms with van der Waals surface area (Å²) in [6.07, 6.45) is 0. The zero-order valence-corrected chi connectivity index (χ0v) is 19.3. The third kappa shape index (κ3) is 4.42. The summed E-state index contributed by atoms with van der Waals surface area (Å²) in [6, 6.07) is 9.69. The molecule has 0 spiro atoms. The van der Waals surface area contributed by atoms with Gasteiger partial charge in [0, 0.05) is 18.7 Å². The number of likely N-dealkylation sites (tertiary alicyclic amines) is 1. The third-order valence-corrected chi connectivity index (χ3v) is 5.85. The Kier molecular flexibility index (Phi) is 6.94. The topological polar surface area (TPSA) is 70.1 Å². The van der Waals surface area contributed by atoms with Gasteiger partial charge in [-0.25, -0.2) is 0 Å². The molecule has 1 fully saturated rings. The first-order chi connectivity index (χ1) is 14.7. The molecule has 164 valence electrons. The molecule has 6 nitrogen and oxygen atoms in total. The standard InChI is InChI=1S/C23H24Cl2N2O4/c1-13-7-5-6-8-15(13)19-18(21(29)23(30)27(19)10-9-26(2)3)20(28)14-11-16(24)22(31-4)17(25)12-14/h5-8,11-12,19,28H,9-10H2,1-4H3/b20-18+. The van der Waals surface area contributed by atoms with E-state index < -0.39 is 17.7 Å². The van der Waals surface area contributed by atoms with Gasteiger partial charge in [0.05, 0.1) is 28.8 Å². The number of amides is 1. The van der Waals surface area contributed by atoms with Crippen LogP contribution in [0.4, 0.5) is 0 Å². The van der Waals surface area contributed by atoms with E-state index >= 15 is 0 Å². The average Bonchev–Trinajstić information content (AvgIpc) is 2.96. The number of ether oxygens (including phenoxy) is 1. The zero-order chi connectivity index (χ0) is 22.9. The van der Waals surface area contributed by atoms with E-state index in [-0.39, 0.29) is 32.7 Å². The minimum absolute atomic E-state index is 0.00959. The molecule has 0 saturated carbocycles. The first kappa shape index (κ1) is 23.1. The highest BCUT2D eigenvalue weighted by atomic mass is 35.5. The summed E-state index contributed by atoms with van der Waals surface area (Å²) in [5.41, 5.74) is 1.92. The molecule has 1 saturated heterocycles. The van der Waals surface area contributed by atoms with E-state index in [4.69, 9.17) is 27.9 Å². The number of rotatable bonds is 6. The largest absolute Gasteiger partial charge is 0.507 e. The minimum Gasteiger partial charge on any atom is -0.507 e. The van der Waals surface area contributed by atoms with Gasteiger partial charge in [-0.2, -0.15) is 0 Å². The number of ketones is 1. The van der Waals surface area contributed by atoms with E-state index in [1.165, 1.54) is 24.1 Å². The van der Waals surface area contributed by atoms with Gasteiger partial charge in [0.2, 0.25) is 0 Å². The van der Waals surface area contributed by atoms with Crippen molar-refractivity contribution >= 4 is 40.7 Å². The Balaban J connectivity index is 2.21. The lowest BCUT2D eigenvalue weighted by Crippen LogP contribution is -2.35. The first-order valence-electron chi connectivity index (χ1n) is 9.69. The van der Waals surface area contributed by atoms with E-state index in [1.54, 1.807) is 0 Å². The highest BCUT2D eigenvalue weighted by Gasteiger charge is 2.46. The van der Waals surface area contributed by atoms with Gasteiger partial charge >= 0.3 is 0 Å². The molecule has 2 aromatic carbocycles. The molecule has 1 heterocycles. The Hall–Kier alpha value is -2.54. The van der Waals surface area contributed by atoms with Crippen molar-refractivity contribution in [1.82, 2.24) is 9.80 Å². The molecule has 8 heteroatoms. The maximum absolute atomic E-state index is 13.0. The molecule has 1 unspecified atom stereocenters. The van der Waals surface area contributed by atoms with Crippen LogP contribution in [0.5, 0.6) is 5.75 Å². The molecule has 0 aromatic heterocycles. The molecule has 3 rings (SSSR count). The number of Topliss-reactive ketones (excluding diaryl/α,β-unsaturated/α-hetero) is 1. The van der Waals surface area contributed by atoms with Crippen molar-refractivity contribution < 1.29 is 19.4 Å². The maximum atomic E-state index is 13.0. The second kappa shape index (κ2) is 9.30. The predicted molar refractivity (Wildman–Crippen MR) is 122 cm³/mol. The van der Waals surface area contributed by atoms with E-state index in [9.17, 15) is 14.7 Å². The van der Waals surface area contributed by atoms with Gasteiger partial charge in [0.25, 0.3) is 11.7 Å². The van der Waals surface area contributed by atoms with Crippen molar-refractivity contribution in [3.05, 3.63) is 68.7 Å². The van der Waals surface area contributed by atoms with Crippen molar-refractivity contribution in [1.29, 1.82) is 0 Å². The van der Waals surface area contributed by atoms with Crippen LogP contribution in [-0.4, -0.2) is 60.9 Å². The van der Waals surface area contributed by atoms with Crippen LogP contribution < -0.4 is 4.74 Å². The summed E-state index contributed by atoms with van der Waals surface area (Å²) in [5, 5.41) is 11.5. The van der Waals surface area contributed by atoms with Crippen LogP contribution in [0.25, 0.3) is 5.76 Å². The van der Waals surface area contributed by atoms with Crippen molar-refractivity contribution in [2.45, 2.75) is 13.0 Å². The van der Waals surface area contributed by atoms with Gasteiger partial charge in [-0.05, 0) is 44.3 Å². The van der Waals surface area contributed by atoms with Crippen molar-refractivity contribution in [3.8, 4) is 5.75 Å². The molecule has 1 aliphatic heterocycles. The number of carbonyl (C=O) groups is 2. The van der Waals surface area contributed by atoms with E-state index in [2.05, 4.69) is 0 Å². The van der Waals surface area contributed by atoms with Gasteiger partial charge in [0.15, 0.2) is 5.75 Å². The molecule has 0 radical (unpaired) electrons. The molecule has 1 aliphatic rings. The van der Waals surface area contributed by atoms with E-state index in [0.717, 1.165) is 11.1 Å². The zero-order valence-electron chi connectivity index (χ0n) is 17.8. The number of carbonyl (C=O) groups excluding carboxylic acids is 2. The van der Waals surface area contributed by atoms with Gasteiger partial charge in [-0.15, -0.1) is 0 Å². The van der Waals surface area contributed by atoms with Crippen molar-refractivity contribution in [2.75, 3.05) is 34.3 Å². The molecule has 1 amide bonds. The van der Waals surface area contributed by atoms with Crippen molar-refractivity contribution in [3.63, 3.8) is 0 Å². The number of nitrogens with zero attached hydrogens (tertiary/aromatic N) is 2. The number of benzene rings is 2. The molecule has 0 aliphatic carbocycles. The smallest absolute Gasteiger partial charge is 0.295 e. The van der Waals surface area contributed by atoms with Crippen LogP contribution in [0, 0.1) is 6.92 Å². The number of hydrogen-bond acceptors (Lipinski definition) is 5. The van der Waals surface area contributed by atoms with E-state index in [1.807, 2.05) is 50.2 Å². The monoisotopic (exact) mass is 462 g/mol. The molecule has 2 aromatic rings. The van der Waals surface area contributed by atoms with E-state index in [0.29, 0.717) is 13.1 Å². The normalized spacial score (nSPS) is 18.2. The summed E-state index contributed by atoms with van der Waals surface area (Å²) < 4.78 is 5.16. The summed E-state index contributed by atoms with van der Waals surface area (Å²) >= 11 is 12.5. The summed E-state index contributed by atoms with van der Waals surface area (Å²) in [6.45, 7) is 2.80. The molecule has 0 bridgehead atoms. The van der Waals surface area contributed by atoms with Gasteiger partial charge in [-0.1, -0.05) is 47.5 Å². The van der Waals surface area contributed by atoms with Crippen LogP contribution in [0.2, 0.25) is 10.0 Å². The highest BCUT2D eigenvalue weighted by Crippen LogP contribution is 2.42. The molecular formula is C23H24Cl2N2O4. The van der Waals surface area contributed by atoms with Crippen LogP contribution in [0.15, 0.2) is 42.0 Å². The number of likely N-dealkylation sites (N-methyl/N-ethyl adjacent to an activating group) is 1. The molecule has 1 N–H and O–H groups in total. The van der Waals surface area contributed by atoms with Gasteiger partial charge in [-0.3, -0.25) is 9.59 Å². The van der Waals surface area contributed by atoms with Crippen LogP contribution >= 0.6 is 23.2 Å². The quantitative estimate of drug-likeness (QED) is 0.393. The summed E-state index contributed by atoms with van der Waals surface area (Å²) in [4.78, 5) is 29.4. The second-order valence-corrected chi connectivity index (χ2v) is 8.44. The Morgan fingerprint density at radius 1 is 1.16 bits per heavy atom. The van der Waals surface area contributed by atoms with Crippen LogP contribution in [0.1, 0.15) is 22.7 Å². The lowest BCUT2D eigenvalue weighted by molar-refractivity contribution is -0.140.